The van der Waals surface area contributed by atoms with E-state index in [-0.39, 0.29) is 18.3 Å². The molecule has 1 aromatic heterocycles. The Hall–Kier alpha value is -1.93. The molecule has 3 heterocycles. The van der Waals surface area contributed by atoms with E-state index >= 15 is 0 Å². The standard InChI is InChI=1S/C20H34N6O2/c1-4-5-13-28-20-22-18(21)16-14-17(27)26(19(16)23-20)8-6-7-24-9-11-25(12-10-24)15(2)3/h15H,4-14H2,1-3H3,(H2,21,22,23). The molecule has 0 atom stereocenters. The number of nitrogen functional groups attached to an aromatic ring is 1. The van der Waals surface area contributed by atoms with Crippen LogP contribution in [0.15, 0.2) is 0 Å². The molecule has 0 saturated carbocycles. The van der Waals surface area contributed by atoms with Crippen molar-refractivity contribution in [3.63, 3.8) is 0 Å². The molecule has 28 heavy (non-hydrogen) atoms. The van der Waals surface area contributed by atoms with Gasteiger partial charge in [-0.05, 0) is 33.2 Å². The van der Waals surface area contributed by atoms with E-state index in [0.29, 0.717) is 30.8 Å². The van der Waals surface area contributed by atoms with Crippen LogP contribution in [0.25, 0.3) is 0 Å². The number of fused-ring (bicyclic) bond motifs is 1. The molecule has 8 nitrogen and oxygen atoms in total. The maximum Gasteiger partial charge on any atom is 0.320 e. The highest BCUT2D eigenvalue weighted by molar-refractivity contribution is 6.01. The van der Waals surface area contributed by atoms with Crippen molar-refractivity contribution in [2.45, 2.75) is 52.5 Å². The van der Waals surface area contributed by atoms with E-state index in [0.717, 1.165) is 57.5 Å². The van der Waals surface area contributed by atoms with Crippen LogP contribution < -0.4 is 15.4 Å². The molecule has 2 aliphatic heterocycles. The van der Waals surface area contributed by atoms with Gasteiger partial charge < -0.3 is 15.4 Å². The zero-order chi connectivity index (χ0) is 20.1. The van der Waals surface area contributed by atoms with Gasteiger partial charge in [0, 0.05) is 44.3 Å². The fourth-order valence-corrected chi connectivity index (χ4v) is 3.78. The second-order valence-corrected chi connectivity index (χ2v) is 7.94. The molecule has 1 saturated heterocycles. The number of unbranched alkanes of at least 4 members (excludes halogenated alkanes) is 1. The number of hydrogen-bond acceptors (Lipinski definition) is 7. The molecule has 3 rings (SSSR count). The number of hydrogen-bond donors (Lipinski definition) is 1. The molecule has 1 amide bonds. The van der Waals surface area contributed by atoms with Crippen molar-refractivity contribution in [3.8, 4) is 6.01 Å². The predicted octanol–water partition coefficient (Wildman–Crippen LogP) is 1.54. The van der Waals surface area contributed by atoms with Gasteiger partial charge in [0.15, 0.2) is 0 Å². The predicted molar refractivity (Wildman–Crippen MR) is 111 cm³/mol. The van der Waals surface area contributed by atoms with Crippen LogP contribution in [0.2, 0.25) is 0 Å². The van der Waals surface area contributed by atoms with E-state index in [9.17, 15) is 4.79 Å². The largest absolute Gasteiger partial charge is 0.463 e. The summed E-state index contributed by atoms with van der Waals surface area (Å²) in [6.07, 6.45) is 3.18. The topological polar surface area (TPSA) is 87.8 Å². The monoisotopic (exact) mass is 390 g/mol. The number of carbonyl (C=O) groups is 1. The minimum absolute atomic E-state index is 0.0475. The van der Waals surface area contributed by atoms with Crippen molar-refractivity contribution in [1.29, 1.82) is 0 Å². The number of ether oxygens (including phenoxy) is 1. The van der Waals surface area contributed by atoms with Crippen molar-refractivity contribution in [2.24, 2.45) is 0 Å². The highest BCUT2D eigenvalue weighted by atomic mass is 16.5. The molecule has 0 aliphatic carbocycles. The Morgan fingerprint density at radius 1 is 1.11 bits per heavy atom. The Morgan fingerprint density at radius 3 is 2.54 bits per heavy atom. The quantitative estimate of drug-likeness (QED) is 0.640. The lowest BCUT2D eigenvalue weighted by atomic mass is 10.2. The third kappa shape index (κ3) is 4.91. The molecule has 2 aliphatic rings. The van der Waals surface area contributed by atoms with Crippen LogP contribution in [0.4, 0.5) is 11.6 Å². The average Bonchev–Trinajstić information content (AvgIpc) is 2.99. The molecule has 1 fully saturated rings. The van der Waals surface area contributed by atoms with Crippen molar-refractivity contribution in [3.05, 3.63) is 5.56 Å². The average molecular weight is 391 g/mol. The number of amides is 1. The van der Waals surface area contributed by atoms with Crippen molar-refractivity contribution in [2.75, 3.05) is 56.5 Å². The number of rotatable bonds is 9. The molecule has 1 aromatic rings. The number of aromatic nitrogens is 2. The van der Waals surface area contributed by atoms with Crippen LogP contribution in [-0.4, -0.2) is 77.6 Å². The maximum atomic E-state index is 12.5. The Bertz CT molecular complexity index is 673. The van der Waals surface area contributed by atoms with Crippen molar-refractivity contribution >= 4 is 17.5 Å². The first-order chi connectivity index (χ1) is 13.5. The molecule has 0 radical (unpaired) electrons. The summed E-state index contributed by atoms with van der Waals surface area (Å²) in [5.74, 6) is 1.04. The molecular weight excluding hydrogens is 356 g/mol. The van der Waals surface area contributed by atoms with Crippen LogP contribution in [0.1, 0.15) is 45.6 Å². The zero-order valence-corrected chi connectivity index (χ0v) is 17.5. The van der Waals surface area contributed by atoms with Gasteiger partial charge in [0.05, 0.1) is 13.0 Å². The smallest absolute Gasteiger partial charge is 0.320 e. The van der Waals surface area contributed by atoms with E-state index in [2.05, 4.69) is 40.5 Å². The van der Waals surface area contributed by atoms with Crippen LogP contribution in [0.3, 0.4) is 0 Å². The van der Waals surface area contributed by atoms with E-state index in [1.807, 2.05) is 0 Å². The Kier molecular flexibility index (Phi) is 7.07. The van der Waals surface area contributed by atoms with Gasteiger partial charge in [0.1, 0.15) is 11.6 Å². The van der Waals surface area contributed by atoms with Crippen LogP contribution in [0, 0.1) is 0 Å². The van der Waals surface area contributed by atoms with E-state index in [1.165, 1.54) is 0 Å². The first-order valence-electron chi connectivity index (χ1n) is 10.6. The van der Waals surface area contributed by atoms with Crippen molar-refractivity contribution < 1.29 is 9.53 Å². The van der Waals surface area contributed by atoms with Crippen molar-refractivity contribution in [1.82, 2.24) is 19.8 Å². The van der Waals surface area contributed by atoms with Gasteiger partial charge in [-0.15, -0.1) is 0 Å². The number of nitrogens with zero attached hydrogens (tertiary/aromatic N) is 5. The number of nitrogens with two attached hydrogens (primary N) is 1. The summed E-state index contributed by atoms with van der Waals surface area (Å²) in [7, 11) is 0. The van der Waals surface area contributed by atoms with Gasteiger partial charge in [0.25, 0.3) is 0 Å². The van der Waals surface area contributed by atoms with Crippen LogP contribution in [0.5, 0.6) is 6.01 Å². The molecular formula is C20H34N6O2. The van der Waals surface area contributed by atoms with Gasteiger partial charge in [0.2, 0.25) is 5.91 Å². The lowest BCUT2D eigenvalue weighted by Gasteiger charge is -2.37. The number of anilines is 2. The summed E-state index contributed by atoms with van der Waals surface area (Å²) in [5.41, 5.74) is 6.80. The highest BCUT2D eigenvalue weighted by Gasteiger charge is 2.32. The first kappa shape index (κ1) is 20.8. The second kappa shape index (κ2) is 9.52. The zero-order valence-electron chi connectivity index (χ0n) is 17.5. The summed E-state index contributed by atoms with van der Waals surface area (Å²) in [6, 6.07) is 0.883. The molecule has 8 heteroatoms. The molecule has 2 N–H and O–H groups in total. The summed E-state index contributed by atoms with van der Waals surface area (Å²) >= 11 is 0. The first-order valence-corrected chi connectivity index (χ1v) is 10.6. The second-order valence-electron chi connectivity index (χ2n) is 7.94. The van der Waals surface area contributed by atoms with Gasteiger partial charge >= 0.3 is 6.01 Å². The Labute approximate surface area is 168 Å². The van der Waals surface area contributed by atoms with Gasteiger partial charge in [-0.3, -0.25) is 14.6 Å². The van der Waals surface area contributed by atoms with Crippen LogP contribution in [-0.2, 0) is 11.2 Å². The van der Waals surface area contributed by atoms with E-state index < -0.39 is 0 Å². The molecule has 0 unspecified atom stereocenters. The Morgan fingerprint density at radius 2 is 1.86 bits per heavy atom. The normalized spacial score (nSPS) is 18.1. The van der Waals surface area contributed by atoms with Gasteiger partial charge in [-0.25, -0.2) is 0 Å². The van der Waals surface area contributed by atoms with E-state index in [1.54, 1.807) is 4.90 Å². The van der Waals surface area contributed by atoms with E-state index in [4.69, 9.17) is 10.5 Å². The third-order valence-corrected chi connectivity index (χ3v) is 5.60. The lowest BCUT2D eigenvalue weighted by Crippen LogP contribution is -2.49. The summed E-state index contributed by atoms with van der Waals surface area (Å²) < 4.78 is 5.61. The molecule has 0 aromatic carbocycles. The SMILES string of the molecule is CCCCOc1nc(N)c2c(n1)N(CCCN1CCN(C(C)C)CC1)C(=O)C2. The van der Waals surface area contributed by atoms with Gasteiger partial charge in [-0.2, -0.15) is 9.97 Å². The molecule has 0 spiro atoms. The lowest BCUT2D eigenvalue weighted by molar-refractivity contribution is -0.117. The highest BCUT2D eigenvalue weighted by Crippen LogP contribution is 2.32. The minimum atomic E-state index is 0.0475. The summed E-state index contributed by atoms with van der Waals surface area (Å²) in [6.45, 7) is 13.2. The third-order valence-electron chi connectivity index (χ3n) is 5.60. The number of piperazine rings is 1. The fraction of sp³-hybridized carbons (Fsp3) is 0.750. The fourth-order valence-electron chi connectivity index (χ4n) is 3.78. The summed E-state index contributed by atoms with van der Waals surface area (Å²) in [4.78, 5) is 27.9. The summed E-state index contributed by atoms with van der Waals surface area (Å²) in [5, 5.41) is 0. The Balaban J connectivity index is 1.55. The maximum absolute atomic E-state index is 12.5. The molecule has 0 bridgehead atoms. The van der Waals surface area contributed by atoms with Crippen LogP contribution >= 0.6 is 0 Å². The van der Waals surface area contributed by atoms with Gasteiger partial charge in [-0.1, -0.05) is 13.3 Å². The molecule has 156 valence electrons. The minimum Gasteiger partial charge on any atom is -0.463 e. The number of carbonyl (C=O) groups excluding carboxylic acids is 1.